The van der Waals surface area contributed by atoms with Gasteiger partial charge in [-0.1, -0.05) is 6.07 Å². The summed E-state index contributed by atoms with van der Waals surface area (Å²) in [5.41, 5.74) is 1.26. The van der Waals surface area contributed by atoms with Crippen LogP contribution in [0.15, 0.2) is 40.5 Å². The van der Waals surface area contributed by atoms with Crippen LogP contribution in [-0.4, -0.2) is 34.8 Å². The molecule has 6 nitrogen and oxygen atoms in total. The Morgan fingerprint density at radius 2 is 2.04 bits per heavy atom. The molecule has 0 radical (unpaired) electrons. The number of ether oxygens (including phenoxy) is 2. The third-order valence-corrected chi connectivity index (χ3v) is 5.75. The van der Waals surface area contributed by atoms with E-state index in [2.05, 4.69) is 16.4 Å². The summed E-state index contributed by atoms with van der Waals surface area (Å²) >= 11 is 7.21. The van der Waals surface area contributed by atoms with Gasteiger partial charge in [-0.05, 0) is 42.7 Å². The first kappa shape index (κ1) is 18.8. The number of H-pyrrole nitrogens is 1. The van der Waals surface area contributed by atoms with E-state index in [1.54, 1.807) is 11.3 Å². The summed E-state index contributed by atoms with van der Waals surface area (Å²) < 4.78 is 11.3. The second kappa shape index (κ2) is 8.20. The summed E-state index contributed by atoms with van der Waals surface area (Å²) in [5.74, 6) is 1.37. The van der Waals surface area contributed by atoms with Crippen LogP contribution in [0.3, 0.4) is 0 Å². The minimum atomic E-state index is -0.125. The van der Waals surface area contributed by atoms with E-state index in [4.69, 9.17) is 21.7 Å². The van der Waals surface area contributed by atoms with E-state index in [0.717, 1.165) is 17.4 Å². The molecule has 0 unspecified atom stereocenters. The molecule has 1 aliphatic rings. The molecule has 1 aromatic carbocycles. The third-order valence-electron chi connectivity index (χ3n) is 4.49. The van der Waals surface area contributed by atoms with Crippen LogP contribution in [0.4, 0.5) is 0 Å². The van der Waals surface area contributed by atoms with Crippen LogP contribution in [0.2, 0.25) is 0 Å². The van der Waals surface area contributed by atoms with Gasteiger partial charge in [-0.3, -0.25) is 4.79 Å². The molecule has 0 amide bonds. The second-order valence-corrected chi connectivity index (χ2v) is 7.90. The number of benzene rings is 1. The van der Waals surface area contributed by atoms with E-state index < -0.39 is 0 Å². The first-order chi connectivity index (χ1) is 13.6. The Morgan fingerprint density at radius 3 is 2.75 bits per heavy atom. The summed E-state index contributed by atoms with van der Waals surface area (Å²) in [5, 5.41) is 6.77. The Morgan fingerprint density at radius 1 is 1.25 bits per heavy atom. The lowest BCUT2D eigenvalue weighted by Crippen LogP contribution is -2.39. The SMILES string of the molecule is CCNC(=S)N(Cc1cccs1)Cc1cc2cc3c(cc2[nH]c1=O)OCCO3. The summed E-state index contributed by atoms with van der Waals surface area (Å²) in [6.45, 7) is 4.85. The smallest absolute Gasteiger partial charge is 0.253 e. The quantitative estimate of drug-likeness (QED) is 0.624. The molecule has 0 atom stereocenters. The molecule has 3 heterocycles. The van der Waals surface area contributed by atoms with Crippen LogP contribution in [0, 0.1) is 0 Å². The molecule has 2 N–H and O–H groups in total. The Labute approximate surface area is 172 Å². The molecular weight excluding hydrogens is 394 g/mol. The van der Waals surface area contributed by atoms with Gasteiger partial charge < -0.3 is 24.7 Å². The molecule has 3 aromatic rings. The van der Waals surface area contributed by atoms with Gasteiger partial charge >= 0.3 is 0 Å². The Bertz CT molecular complexity index is 1050. The van der Waals surface area contributed by atoms with Crippen LogP contribution in [0.25, 0.3) is 10.9 Å². The number of thiophene rings is 1. The van der Waals surface area contributed by atoms with Crippen molar-refractivity contribution in [3.05, 3.63) is 56.5 Å². The summed E-state index contributed by atoms with van der Waals surface area (Å²) in [6, 6.07) is 9.72. The number of aromatic amines is 1. The maximum absolute atomic E-state index is 12.7. The fourth-order valence-corrected chi connectivity index (χ4v) is 4.16. The van der Waals surface area contributed by atoms with Crippen LogP contribution in [-0.2, 0) is 13.1 Å². The molecule has 0 saturated heterocycles. The molecule has 2 aromatic heterocycles. The molecule has 0 spiro atoms. The van der Waals surface area contributed by atoms with Crippen molar-refractivity contribution in [2.45, 2.75) is 20.0 Å². The zero-order chi connectivity index (χ0) is 19.5. The normalized spacial score (nSPS) is 12.8. The van der Waals surface area contributed by atoms with Gasteiger partial charge in [0.05, 0.1) is 18.6 Å². The number of hydrogen-bond donors (Lipinski definition) is 2. The number of nitrogens with zero attached hydrogens (tertiary/aromatic N) is 1. The van der Waals surface area contributed by atoms with Gasteiger partial charge in [-0.2, -0.15) is 0 Å². The zero-order valence-corrected chi connectivity index (χ0v) is 17.1. The lowest BCUT2D eigenvalue weighted by molar-refractivity contribution is 0.172. The predicted molar refractivity (Wildman–Crippen MR) is 115 cm³/mol. The van der Waals surface area contributed by atoms with Gasteiger partial charge in [0.25, 0.3) is 5.56 Å². The Kier molecular flexibility index (Phi) is 5.50. The van der Waals surface area contributed by atoms with E-state index in [1.807, 2.05) is 41.5 Å². The summed E-state index contributed by atoms with van der Waals surface area (Å²) in [6.07, 6.45) is 0. The average molecular weight is 416 g/mol. The van der Waals surface area contributed by atoms with Crippen LogP contribution >= 0.6 is 23.6 Å². The number of hydrogen-bond acceptors (Lipinski definition) is 5. The van der Waals surface area contributed by atoms with Crippen molar-refractivity contribution in [3.8, 4) is 11.5 Å². The molecule has 146 valence electrons. The summed E-state index contributed by atoms with van der Waals surface area (Å²) in [7, 11) is 0. The highest BCUT2D eigenvalue weighted by Gasteiger charge is 2.17. The van der Waals surface area contributed by atoms with Gasteiger partial charge in [0.2, 0.25) is 0 Å². The number of pyridine rings is 1. The molecule has 4 rings (SSSR count). The number of aromatic nitrogens is 1. The second-order valence-electron chi connectivity index (χ2n) is 6.48. The number of thiocarbonyl (C=S) groups is 1. The topological polar surface area (TPSA) is 66.6 Å². The standard InChI is InChI=1S/C20H21N3O3S2/c1-2-21-20(27)23(12-15-4-3-7-28-15)11-14-8-13-9-17-18(26-6-5-25-17)10-16(13)22-19(14)24/h3-4,7-10H,2,5-6,11-12H2,1H3,(H,21,27)(H,22,24). The maximum atomic E-state index is 12.7. The molecule has 0 fully saturated rings. The first-order valence-electron chi connectivity index (χ1n) is 9.14. The van der Waals surface area contributed by atoms with E-state index in [0.29, 0.717) is 48.5 Å². The van der Waals surface area contributed by atoms with Crippen LogP contribution in [0.5, 0.6) is 11.5 Å². The molecule has 28 heavy (non-hydrogen) atoms. The number of nitrogens with one attached hydrogen (secondary N) is 2. The first-order valence-corrected chi connectivity index (χ1v) is 10.4. The minimum absolute atomic E-state index is 0.125. The van der Waals surface area contributed by atoms with E-state index in [1.165, 1.54) is 4.88 Å². The minimum Gasteiger partial charge on any atom is -0.486 e. The highest BCUT2D eigenvalue weighted by atomic mass is 32.1. The summed E-state index contributed by atoms with van der Waals surface area (Å²) in [4.78, 5) is 18.9. The molecule has 8 heteroatoms. The van der Waals surface area contributed by atoms with Crippen LogP contribution in [0.1, 0.15) is 17.4 Å². The highest BCUT2D eigenvalue weighted by Crippen LogP contribution is 2.33. The monoisotopic (exact) mass is 415 g/mol. The van der Waals surface area contributed by atoms with Gasteiger partial charge in [-0.25, -0.2) is 0 Å². The largest absolute Gasteiger partial charge is 0.486 e. The van der Waals surface area contributed by atoms with Crippen LogP contribution < -0.4 is 20.3 Å². The van der Waals surface area contributed by atoms with Gasteiger partial charge in [0.15, 0.2) is 16.6 Å². The Hall–Kier alpha value is -2.58. The number of fused-ring (bicyclic) bond motifs is 2. The van der Waals surface area contributed by atoms with E-state index in [-0.39, 0.29) is 5.56 Å². The van der Waals surface area contributed by atoms with Crippen molar-refractivity contribution >= 4 is 39.6 Å². The highest BCUT2D eigenvalue weighted by molar-refractivity contribution is 7.80. The van der Waals surface area contributed by atoms with Crippen molar-refractivity contribution in [2.24, 2.45) is 0 Å². The van der Waals surface area contributed by atoms with Gasteiger partial charge in [-0.15, -0.1) is 11.3 Å². The van der Waals surface area contributed by atoms with E-state index >= 15 is 0 Å². The fourth-order valence-electron chi connectivity index (χ4n) is 3.16. The van der Waals surface area contributed by atoms with Crippen molar-refractivity contribution < 1.29 is 9.47 Å². The van der Waals surface area contributed by atoms with Crippen molar-refractivity contribution in [1.82, 2.24) is 15.2 Å². The van der Waals surface area contributed by atoms with Gasteiger partial charge in [0.1, 0.15) is 13.2 Å². The predicted octanol–water partition coefficient (Wildman–Crippen LogP) is 3.26. The molecular formula is C20H21N3O3S2. The Balaban J connectivity index is 1.66. The zero-order valence-electron chi connectivity index (χ0n) is 15.5. The fraction of sp³-hybridized carbons (Fsp3) is 0.300. The third kappa shape index (κ3) is 3.98. The lowest BCUT2D eigenvalue weighted by atomic mass is 10.1. The van der Waals surface area contributed by atoms with Crippen molar-refractivity contribution in [2.75, 3.05) is 19.8 Å². The maximum Gasteiger partial charge on any atom is 0.253 e. The van der Waals surface area contributed by atoms with Crippen molar-refractivity contribution in [3.63, 3.8) is 0 Å². The lowest BCUT2D eigenvalue weighted by Gasteiger charge is -2.25. The van der Waals surface area contributed by atoms with E-state index in [9.17, 15) is 4.79 Å². The average Bonchev–Trinajstić information content (AvgIpc) is 3.20. The number of rotatable bonds is 5. The molecule has 0 aliphatic carbocycles. The molecule has 0 bridgehead atoms. The molecule has 0 saturated carbocycles. The van der Waals surface area contributed by atoms with Crippen molar-refractivity contribution in [1.29, 1.82) is 0 Å². The van der Waals surface area contributed by atoms with Gasteiger partial charge in [0, 0.05) is 28.4 Å². The molecule has 1 aliphatic heterocycles.